The lowest BCUT2D eigenvalue weighted by Gasteiger charge is -2.30. The van der Waals surface area contributed by atoms with Crippen molar-refractivity contribution in [3.05, 3.63) is 12.2 Å². The second kappa shape index (κ2) is 5.01. The Morgan fingerprint density at radius 2 is 2.44 bits per heavy atom. The average molecular weight is 256 g/mol. The van der Waals surface area contributed by atoms with E-state index in [1.807, 2.05) is 4.90 Å². The van der Waals surface area contributed by atoms with Crippen molar-refractivity contribution in [2.75, 3.05) is 13.2 Å². The maximum Gasteiger partial charge on any atom is 0.323 e. The van der Waals surface area contributed by atoms with Crippen molar-refractivity contribution in [2.24, 2.45) is 0 Å². The van der Waals surface area contributed by atoms with Gasteiger partial charge in [-0.05, 0) is 26.3 Å². The SMILES string of the molecule is CC1(C(=O)O)CCCN1Cc1ncnn1CCF. The molecule has 1 unspecified atom stereocenters. The molecule has 1 atom stereocenters. The van der Waals surface area contributed by atoms with Gasteiger partial charge >= 0.3 is 5.97 Å². The van der Waals surface area contributed by atoms with Crippen molar-refractivity contribution < 1.29 is 14.3 Å². The van der Waals surface area contributed by atoms with Crippen molar-refractivity contribution in [3.63, 3.8) is 0 Å². The van der Waals surface area contributed by atoms with Gasteiger partial charge in [0.15, 0.2) is 0 Å². The van der Waals surface area contributed by atoms with Crippen LogP contribution in [0.25, 0.3) is 0 Å². The van der Waals surface area contributed by atoms with Gasteiger partial charge in [-0.2, -0.15) is 5.10 Å². The average Bonchev–Trinajstić information content (AvgIpc) is 2.90. The number of halogens is 1. The van der Waals surface area contributed by atoms with Gasteiger partial charge in [0.05, 0.1) is 13.1 Å². The molecule has 100 valence electrons. The number of aryl methyl sites for hydroxylation is 1. The van der Waals surface area contributed by atoms with Crippen LogP contribution in [0.3, 0.4) is 0 Å². The zero-order chi connectivity index (χ0) is 13.2. The molecular weight excluding hydrogens is 239 g/mol. The van der Waals surface area contributed by atoms with Gasteiger partial charge in [-0.25, -0.2) is 14.1 Å². The normalized spacial score (nSPS) is 24.6. The van der Waals surface area contributed by atoms with Gasteiger partial charge in [-0.3, -0.25) is 9.69 Å². The van der Waals surface area contributed by atoms with E-state index in [0.717, 1.165) is 6.42 Å². The second-order valence-corrected chi connectivity index (χ2v) is 4.69. The molecule has 1 aliphatic heterocycles. The predicted molar refractivity (Wildman–Crippen MR) is 61.7 cm³/mol. The van der Waals surface area contributed by atoms with Gasteiger partial charge in [0.2, 0.25) is 0 Å². The molecule has 0 saturated carbocycles. The van der Waals surface area contributed by atoms with E-state index in [2.05, 4.69) is 10.1 Å². The molecule has 18 heavy (non-hydrogen) atoms. The Morgan fingerprint density at radius 1 is 1.67 bits per heavy atom. The van der Waals surface area contributed by atoms with Gasteiger partial charge in [0.25, 0.3) is 0 Å². The fraction of sp³-hybridized carbons (Fsp3) is 0.727. The molecule has 0 amide bonds. The van der Waals surface area contributed by atoms with Crippen LogP contribution in [0.4, 0.5) is 4.39 Å². The first kappa shape index (κ1) is 12.9. The fourth-order valence-electron chi connectivity index (χ4n) is 2.36. The minimum Gasteiger partial charge on any atom is -0.480 e. The van der Waals surface area contributed by atoms with Crippen LogP contribution in [0.15, 0.2) is 6.33 Å². The van der Waals surface area contributed by atoms with E-state index in [4.69, 9.17) is 0 Å². The molecule has 6 nitrogen and oxygen atoms in total. The highest BCUT2D eigenvalue weighted by Crippen LogP contribution is 2.30. The highest BCUT2D eigenvalue weighted by atomic mass is 19.1. The summed E-state index contributed by atoms with van der Waals surface area (Å²) in [6.07, 6.45) is 2.85. The van der Waals surface area contributed by atoms with Gasteiger partial charge in [0.1, 0.15) is 24.4 Å². The number of hydrogen-bond acceptors (Lipinski definition) is 4. The molecule has 1 N–H and O–H groups in total. The van der Waals surface area contributed by atoms with Gasteiger partial charge in [0, 0.05) is 0 Å². The Bertz CT molecular complexity index is 436. The summed E-state index contributed by atoms with van der Waals surface area (Å²) in [6.45, 7) is 2.48. The number of aromatic nitrogens is 3. The fourth-order valence-corrected chi connectivity index (χ4v) is 2.36. The summed E-state index contributed by atoms with van der Waals surface area (Å²) in [5.74, 6) is -0.210. The first-order valence-corrected chi connectivity index (χ1v) is 5.99. The minimum absolute atomic E-state index is 0.160. The molecule has 1 aromatic rings. The number of alkyl halides is 1. The molecular formula is C11H17FN4O2. The molecule has 1 saturated heterocycles. The van der Waals surface area contributed by atoms with E-state index >= 15 is 0 Å². The lowest BCUT2D eigenvalue weighted by molar-refractivity contribution is -0.149. The van der Waals surface area contributed by atoms with Crippen LogP contribution in [0.5, 0.6) is 0 Å². The maximum atomic E-state index is 12.3. The lowest BCUT2D eigenvalue weighted by atomic mass is 9.99. The van der Waals surface area contributed by atoms with Crippen LogP contribution in [-0.2, 0) is 17.9 Å². The van der Waals surface area contributed by atoms with Crippen molar-refractivity contribution >= 4 is 5.97 Å². The number of carboxylic acid groups (broad SMARTS) is 1. The first-order valence-electron chi connectivity index (χ1n) is 5.99. The third-order valence-electron chi connectivity index (χ3n) is 3.57. The molecule has 0 aliphatic carbocycles. The van der Waals surface area contributed by atoms with Gasteiger partial charge in [-0.1, -0.05) is 0 Å². The highest BCUT2D eigenvalue weighted by Gasteiger charge is 2.43. The minimum atomic E-state index is -0.855. The van der Waals surface area contributed by atoms with Crippen molar-refractivity contribution in [1.29, 1.82) is 0 Å². The van der Waals surface area contributed by atoms with Crippen molar-refractivity contribution in [2.45, 2.75) is 38.4 Å². The van der Waals surface area contributed by atoms with Gasteiger partial charge < -0.3 is 5.11 Å². The number of hydrogen-bond donors (Lipinski definition) is 1. The summed E-state index contributed by atoms with van der Waals surface area (Å²) in [5, 5.41) is 13.2. The smallest absolute Gasteiger partial charge is 0.323 e. The molecule has 0 aromatic carbocycles. The van der Waals surface area contributed by atoms with Crippen LogP contribution in [0.2, 0.25) is 0 Å². The van der Waals surface area contributed by atoms with Crippen LogP contribution < -0.4 is 0 Å². The molecule has 2 heterocycles. The summed E-state index contributed by atoms with van der Waals surface area (Å²) < 4.78 is 13.8. The number of aliphatic carboxylic acids is 1. The van der Waals surface area contributed by atoms with Crippen LogP contribution in [0, 0.1) is 0 Å². The molecule has 1 aromatic heterocycles. The first-order chi connectivity index (χ1) is 8.58. The second-order valence-electron chi connectivity index (χ2n) is 4.69. The summed E-state index contributed by atoms with van der Waals surface area (Å²) in [7, 11) is 0. The number of likely N-dealkylation sites (tertiary alicyclic amines) is 1. The van der Waals surface area contributed by atoms with Crippen LogP contribution in [0.1, 0.15) is 25.6 Å². The van der Waals surface area contributed by atoms with Crippen LogP contribution >= 0.6 is 0 Å². The molecule has 2 rings (SSSR count). The van der Waals surface area contributed by atoms with Crippen molar-refractivity contribution in [1.82, 2.24) is 19.7 Å². The Kier molecular flexibility index (Phi) is 3.60. The quantitative estimate of drug-likeness (QED) is 0.839. The molecule has 0 bridgehead atoms. The summed E-state index contributed by atoms with van der Waals surface area (Å²) in [4.78, 5) is 17.3. The molecule has 7 heteroatoms. The topological polar surface area (TPSA) is 71.2 Å². The van der Waals surface area contributed by atoms with Crippen molar-refractivity contribution in [3.8, 4) is 0 Å². The van der Waals surface area contributed by atoms with E-state index < -0.39 is 18.2 Å². The van der Waals surface area contributed by atoms with E-state index in [0.29, 0.717) is 25.3 Å². The number of carbonyl (C=O) groups is 1. The highest BCUT2D eigenvalue weighted by molar-refractivity contribution is 5.78. The molecule has 1 aliphatic rings. The summed E-state index contributed by atoms with van der Waals surface area (Å²) in [6, 6.07) is 0. The standard InChI is InChI=1S/C11H17FN4O2/c1-11(10(17)18)3-2-5-15(11)7-9-13-8-14-16(9)6-4-12/h8H,2-7H2,1H3,(H,17,18). The Labute approximate surface area is 104 Å². The zero-order valence-electron chi connectivity index (χ0n) is 10.3. The van der Waals surface area contributed by atoms with E-state index in [-0.39, 0.29) is 6.54 Å². The summed E-state index contributed by atoms with van der Waals surface area (Å²) in [5.41, 5.74) is -0.855. The number of carboxylic acids is 1. The zero-order valence-corrected chi connectivity index (χ0v) is 10.3. The largest absolute Gasteiger partial charge is 0.480 e. The molecule has 1 fully saturated rings. The van der Waals surface area contributed by atoms with Crippen LogP contribution in [-0.4, -0.2) is 49.5 Å². The van der Waals surface area contributed by atoms with E-state index in [1.54, 1.807) is 6.92 Å². The third kappa shape index (κ3) is 2.22. The Balaban J connectivity index is 2.13. The number of nitrogens with zero attached hydrogens (tertiary/aromatic N) is 4. The molecule has 0 spiro atoms. The van der Waals surface area contributed by atoms with E-state index in [9.17, 15) is 14.3 Å². The predicted octanol–water partition coefficient (Wildman–Crippen LogP) is 0.687. The molecule has 0 radical (unpaired) electrons. The monoisotopic (exact) mass is 256 g/mol. The lowest BCUT2D eigenvalue weighted by Crippen LogP contribution is -2.47. The Morgan fingerprint density at radius 3 is 3.11 bits per heavy atom. The van der Waals surface area contributed by atoms with E-state index in [1.165, 1.54) is 11.0 Å². The van der Waals surface area contributed by atoms with Gasteiger partial charge in [-0.15, -0.1) is 0 Å². The number of rotatable bonds is 5. The summed E-state index contributed by atoms with van der Waals surface area (Å²) >= 11 is 0. The maximum absolute atomic E-state index is 12.3. The third-order valence-corrected chi connectivity index (χ3v) is 3.57. The Hall–Kier alpha value is -1.50.